The summed E-state index contributed by atoms with van der Waals surface area (Å²) >= 11 is 0. The molecular weight excluding hydrogens is 232 g/mol. The van der Waals surface area contributed by atoms with Gasteiger partial charge in [0.15, 0.2) is 0 Å². The summed E-state index contributed by atoms with van der Waals surface area (Å²) < 4.78 is 2.33. The molecule has 2 aromatic carbocycles. The van der Waals surface area contributed by atoms with Gasteiger partial charge in [-0.25, -0.2) is 0 Å². The van der Waals surface area contributed by atoms with Crippen LogP contribution in [0.5, 0.6) is 0 Å². The summed E-state index contributed by atoms with van der Waals surface area (Å²) in [5, 5.41) is 2.60. The molecule has 0 amide bonds. The van der Waals surface area contributed by atoms with Crippen molar-refractivity contribution in [3.05, 3.63) is 60.8 Å². The third-order valence-corrected chi connectivity index (χ3v) is 3.45. The van der Waals surface area contributed by atoms with Gasteiger partial charge in [0.2, 0.25) is 0 Å². The molecule has 2 nitrogen and oxygen atoms in total. The summed E-state index contributed by atoms with van der Waals surface area (Å²) in [4.78, 5) is 0. The zero-order valence-corrected chi connectivity index (χ0v) is 10.9. The zero-order chi connectivity index (χ0) is 13.1. The van der Waals surface area contributed by atoms with Gasteiger partial charge in [0.25, 0.3) is 0 Å². The van der Waals surface area contributed by atoms with E-state index in [2.05, 4.69) is 65.4 Å². The van der Waals surface area contributed by atoms with Gasteiger partial charge in [-0.2, -0.15) is 0 Å². The Morgan fingerprint density at radius 2 is 1.63 bits per heavy atom. The van der Waals surface area contributed by atoms with Gasteiger partial charge in [0, 0.05) is 18.1 Å². The van der Waals surface area contributed by atoms with Crippen LogP contribution in [0.2, 0.25) is 0 Å². The Bertz CT molecular complexity index is 668. The van der Waals surface area contributed by atoms with Crippen LogP contribution in [0, 0.1) is 0 Å². The molecule has 0 aliphatic carbocycles. The summed E-state index contributed by atoms with van der Waals surface area (Å²) in [5.41, 5.74) is 8.21. The second-order valence-corrected chi connectivity index (χ2v) is 4.77. The van der Waals surface area contributed by atoms with Gasteiger partial charge in [0.1, 0.15) is 0 Å². The second-order valence-electron chi connectivity index (χ2n) is 4.77. The first-order valence-corrected chi connectivity index (χ1v) is 6.73. The third kappa shape index (κ3) is 2.27. The van der Waals surface area contributed by atoms with Crippen molar-refractivity contribution in [2.24, 2.45) is 5.73 Å². The molecule has 0 bridgehead atoms. The molecule has 0 aliphatic rings. The number of benzene rings is 2. The monoisotopic (exact) mass is 250 g/mol. The highest BCUT2D eigenvalue weighted by atomic mass is 15.0. The van der Waals surface area contributed by atoms with E-state index in [1.165, 1.54) is 22.0 Å². The lowest BCUT2D eigenvalue weighted by Gasteiger charge is -2.09. The fourth-order valence-electron chi connectivity index (χ4n) is 2.57. The lowest BCUT2D eigenvalue weighted by atomic mass is 10.1. The molecule has 0 atom stereocenters. The van der Waals surface area contributed by atoms with E-state index in [0.717, 1.165) is 19.5 Å². The van der Waals surface area contributed by atoms with E-state index >= 15 is 0 Å². The van der Waals surface area contributed by atoms with Crippen LogP contribution in [-0.2, 0) is 6.54 Å². The van der Waals surface area contributed by atoms with E-state index in [0.29, 0.717) is 0 Å². The number of nitrogens with two attached hydrogens (primary N) is 1. The summed E-state index contributed by atoms with van der Waals surface area (Å²) in [7, 11) is 0. The van der Waals surface area contributed by atoms with Crippen molar-refractivity contribution in [3.63, 3.8) is 0 Å². The maximum atomic E-state index is 5.65. The van der Waals surface area contributed by atoms with Crippen LogP contribution >= 0.6 is 0 Å². The molecule has 0 unspecified atom stereocenters. The smallest absolute Gasteiger partial charge is 0.0560 e. The van der Waals surface area contributed by atoms with E-state index in [4.69, 9.17) is 5.73 Å². The summed E-state index contributed by atoms with van der Waals surface area (Å²) in [6, 6.07) is 19.1. The van der Waals surface area contributed by atoms with E-state index in [9.17, 15) is 0 Å². The van der Waals surface area contributed by atoms with Crippen LogP contribution < -0.4 is 5.73 Å². The fourth-order valence-corrected chi connectivity index (χ4v) is 2.57. The molecule has 19 heavy (non-hydrogen) atoms. The molecular formula is C17H18N2. The third-order valence-electron chi connectivity index (χ3n) is 3.45. The molecule has 1 aromatic heterocycles. The van der Waals surface area contributed by atoms with Crippen molar-refractivity contribution in [1.82, 2.24) is 4.57 Å². The standard InChI is InChI=1S/C17H18N2/c18-11-6-12-19-13-15-9-4-5-10-16(15)17(19)14-7-2-1-3-8-14/h1-5,7-10,13H,6,11-12,18H2. The Hall–Kier alpha value is -2.06. The van der Waals surface area contributed by atoms with E-state index in [-0.39, 0.29) is 0 Å². The van der Waals surface area contributed by atoms with Crippen LogP contribution in [0.1, 0.15) is 6.42 Å². The maximum Gasteiger partial charge on any atom is 0.0560 e. The molecule has 0 spiro atoms. The van der Waals surface area contributed by atoms with Crippen molar-refractivity contribution in [3.8, 4) is 11.3 Å². The van der Waals surface area contributed by atoms with Crippen LogP contribution in [0.25, 0.3) is 22.0 Å². The molecule has 2 N–H and O–H groups in total. The first-order chi connectivity index (χ1) is 9.40. The average molecular weight is 250 g/mol. The highest BCUT2D eigenvalue weighted by molar-refractivity contribution is 5.96. The minimum Gasteiger partial charge on any atom is -0.346 e. The SMILES string of the molecule is NCCCn1cc2ccccc2c1-c1ccccc1. The van der Waals surface area contributed by atoms with Gasteiger partial charge in [0.05, 0.1) is 5.69 Å². The molecule has 2 heteroatoms. The molecule has 0 radical (unpaired) electrons. The summed E-state index contributed by atoms with van der Waals surface area (Å²) in [6.07, 6.45) is 3.23. The lowest BCUT2D eigenvalue weighted by molar-refractivity contribution is 0.661. The van der Waals surface area contributed by atoms with Gasteiger partial charge in [-0.05, 0) is 23.9 Å². The highest BCUT2D eigenvalue weighted by Gasteiger charge is 2.10. The number of aryl methyl sites for hydroxylation is 1. The minimum atomic E-state index is 0.725. The molecule has 0 aliphatic heterocycles. The molecule has 0 fully saturated rings. The molecule has 96 valence electrons. The van der Waals surface area contributed by atoms with Crippen molar-refractivity contribution >= 4 is 10.8 Å². The van der Waals surface area contributed by atoms with Crippen molar-refractivity contribution in [1.29, 1.82) is 0 Å². The summed E-state index contributed by atoms with van der Waals surface area (Å²) in [5.74, 6) is 0. The Labute approximate surface area is 113 Å². The van der Waals surface area contributed by atoms with Crippen molar-refractivity contribution in [2.45, 2.75) is 13.0 Å². The normalized spacial score (nSPS) is 11.0. The molecule has 3 rings (SSSR count). The lowest BCUT2D eigenvalue weighted by Crippen LogP contribution is -2.05. The topological polar surface area (TPSA) is 30.9 Å². The number of nitrogens with zero attached hydrogens (tertiary/aromatic N) is 1. The number of aromatic nitrogens is 1. The van der Waals surface area contributed by atoms with Gasteiger partial charge >= 0.3 is 0 Å². The number of rotatable bonds is 4. The van der Waals surface area contributed by atoms with E-state index in [1.807, 2.05) is 0 Å². The van der Waals surface area contributed by atoms with E-state index < -0.39 is 0 Å². The predicted octanol–water partition coefficient (Wildman–Crippen LogP) is 3.66. The quantitative estimate of drug-likeness (QED) is 0.752. The molecule has 3 aromatic rings. The van der Waals surface area contributed by atoms with Gasteiger partial charge in [-0.3, -0.25) is 0 Å². The van der Waals surface area contributed by atoms with Crippen molar-refractivity contribution in [2.75, 3.05) is 6.54 Å². The highest BCUT2D eigenvalue weighted by Crippen LogP contribution is 2.30. The Balaban J connectivity index is 2.19. The maximum absolute atomic E-state index is 5.65. The van der Waals surface area contributed by atoms with Crippen LogP contribution in [0.4, 0.5) is 0 Å². The van der Waals surface area contributed by atoms with Crippen LogP contribution in [-0.4, -0.2) is 11.1 Å². The number of hydrogen-bond acceptors (Lipinski definition) is 1. The summed E-state index contributed by atoms with van der Waals surface area (Å²) in [6.45, 7) is 1.69. The molecule has 1 heterocycles. The molecule has 0 saturated heterocycles. The largest absolute Gasteiger partial charge is 0.346 e. The second kappa shape index (κ2) is 5.29. The van der Waals surface area contributed by atoms with Gasteiger partial charge in [-0.15, -0.1) is 0 Å². The molecule has 0 saturated carbocycles. The van der Waals surface area contributed by atoms with E-state index in [1.54, 1.807) is 0 Å². The first-order valence-electron chi connectivity index (χ1n) is 6.73. The van der Waals surface area contributed by atoms with Crippen molar-refractivity contribution < 1.29 is 0 Å². The fraction of sp³-hybridized carbons (Fsp3) is 0.176. The Morgan fingerprint density at radius 3 is 2.42 bits per heavy atom. The minimum absolute atomic E-state index is 0.725. The van der Waals surface area contributed by atoms with Gasteiger partial charge in [-0.1, -0.05) is 54.6 Å². The van der Waals surface area contributed by atoms with Crippen LogP contribution in [0.3, 0.4) is 0 Å². The number of fused-ring (bicyclic) bond motifs is 1. The Morgan fingerprint density at radius 1 is 0.895 bits per heavy atom. The average Bonchev–Trinajstić information content (AvgIpc) is 2.84. The zero-order valence-electron chi connectivity index (χ0n) is 10.9. The Kier molecular flexibility index (Phi) is 3.34. The van der Waals surface area contributed by atoms with Gasteiger partial charge < -0.3 is 10.3 Å². The number of hydrogen-bond donors (Lipinski definition) is 1. The van der Waals surface area contributed by atoms with Crippen LogP contribution in [0.15, 0.2) is 60.8 Å². The first kappa shape index (κ1) is 12.0. The predicted molar refractivity (Wildman–Crippen MR) is 81.0 cm³/mol.